The maximum atomic E-state index is 14.6. The molecule has 4 aliphatic heterocycles. The number of carbonyl (C=O) groups is 5. The van der Waals surface area contributed by atoms with Crippen molar-refractivity contribution < 1.29 is 42.2 Å². The van der Waals surface area contributed by atoms with Crippen molar-refractivity contribution in [2.24, 2.45) is 23.7 Å². The zero-order chi connectivity index (χ0) is 52.8. The highest BCUT2D eigenvalue weighted by Crippen LogP contribution is 2.32. The summed E-state index contributed by atoms with van der Waals surface area (Å²) in [4.78, 5) is 78.7. The van der Waals surface area contributed by atoms with Crippen molar-refractivity contribution in [1.82, 2.24) is 24.9 Å². The highest BCUT2D eigenvalue weighted by atomic mass is 19.1. The highest BCUT2D eigenvalue weighted by Gasteiger charge is 2.41. The smallest absolute Gasteiger partial charge is 0.253 e. The summed E-state index contributed by atoms with van der Waals surface area (Å²) in [6.07, 6.45) is 8.76. The van der Waals surface area contributed by atoms with Crippen LogP contribution in [0.3, 0.4) is 0 Å². The van der Waals surface area contributed by atoms with Crippen molar-refractivity contribution in [1.29, 1.82) is 0 Å². The van der Waals surface area contributed by atoms with E-state index < -0.39 is 6.04 Å². The van der Waals surface area contributed by atoms with E-state index in [0.29, 0.717) is 121 Å². The molecule has 4 aliphatic rings. The number of likely N-dealkylation sites (tertiary alicyclic amines) is 2. The van der Waals surface area contributed by atoms with Crippen LogP contribution < -0.4 is 5.32 Å². The molecule has 402 valence electrons. The Morgan fingerprint density at radius 1 is 0.573 bits per heavy atom. The van der Waals surface area contributed by atoms with Crippen molar-refractivity contribution in [2.45, 2.75) is 116 Å². The van der Waals surface area contributed by atoms with E-state index >= 15 is 0 Å². The third-order valence-corrected chi connectivity index (χ3v) is 16.5. The highest BCUT2D eigenvalue weighted by molar-refractivity contribution is 5.96. The molecule has 4 saturated heterocycles. The van der Waals surface area contributed by atoms with Crippen molar-refractivity contribution in [3.63, 3.8) is 0 Å². The molecule has 75 heavy (non-hydrogen) atoms. The minimum Gasteiger partial charge on any atom is -0.381 e. The summed E-state index contributed by atoms with van der Waals surface area (Å²) in [6.45, 7) is 11.0. The van der Waals surface area contributed by atoms with Gasteiger partial charge < -0.3 is 34.4 Å². The summed E-state index contributed by atoms with van der Waals surface area (Å²) in [5.74, 6) is -1.09. The van der Waals surface area contributed by atoms with Gasteiger partial charge in [-0.1, -0.05) is 69.3 Å². The number of hydrogen-bond acceptors (Lipinski definition) is 7. The van der Waals surface area contributed by atoms with E-state index in [-0.39, 0.29) is 71.0 Å². The first-order valence-electron chi connectivity index (χ1n) is 27.7. The quantitative estimate of drug-likeness (QED) is 0.0881. The molecule has 5 amide bonds. The lowest BCUT2D eigenvalue weighted by atomic mass is 9.83. The van der Waals surface area contributed by atoms with Crippen LogP contribution in [0, 0.1) is 35.3 Å². The molecule has 8 rings (SSSR count). The second kappa shape index (κ2) is 26.7. The molecule has 4 aromatic rings. The Morgan fingerprint density at radius 3 is 1.43 bits per heavy atom. The Bertz CT molecular complexity index is 2510. The van der Waals surface area contributed by atoms with Gasteiger partial charge in [0.25, 0.3) is 11.8 Å². The summed E-state index contributed by atoms with van der Waals surface area (Å²) in [5, 5.41) is 3.12. The molecule has 0 unspecified atom stereocenters. The molecule has 0 aliphatic carbocycles. The number of benzene rings is 4. The topological polar surface area (TPSA) is 129 Å². The monoisotopic (exact) mass is 1030 g/mol. The predicted molar refractivity (Wildman–Crippen MR) is 286 cm³/mol. The number of hydrogen-bond donors (Lipinski definition) is 1. The van der Waals surface area contributed by atoms with Crippen LogP contribution in [0.25, 0.3) is 11.1 Å². The molecule has 0 aromatic heterocycles. The lowest BCUT2D eigenvalue weighted by Gasteiger charge is -2.37. The number of nitrogens with zero attached hydrogens (tertiary/aromatic N) is 4. The van der Waals surface area contributed by atoms with E-state index in [4.69, 9.17) is 9.47 Å². The third-order valence-electron chi connectivity index (χ3n) is 16.5. The minimum atomic E-state index is -0.674. The molecule has 5 atom stereocenters. The predicted octanol–water partition coefficient (Wildman–Crippen LogP) is 9.39. The van der Waals surface area contributed by atoms with Crippen LogP contribution in [0.1, 0.15) is 117 Å². The first-order chi connectivity index (χ1) is 36.4. The molecule has 4 aromatic carbocycles. The van der Waals surface area contributed by atoms with Crippen molar-refractivity contribution in [3.05, 3.63) is 131 Å². The minimum absolute atomic E-state index is 0.0482. The number of halogens is 2. The summed E-state index contributed by atoms with van der Waals surface area (Å²) in [6, 6.07) is 26.5. The standard InChI is InChI=1S/C61H77F2N5O7/c1-4-42(3)57(69)64-56(48-30-38-75-39-31-48)61(73)68-33-7-9-54(68)41-66(35-27-44-12-24-52(63)25-13-44)59(71)50-20-16-46(17-21-50)45-14-18-49(19-15-45)58(70)65(34-26-43-10-22-51(62)23-11-43)40-53-8-6-32-67(53)60(72)55(5-2)47-28-36-74-37-29-47/h10-25,42,47-48,53-56H,4-9,26-41H2,1-3H3,(H,64,69)/t42-,53+,54+,55+,56+/m1/s1. The number of carbonyl (C=O) groups excluding carboxylic acids is 5. The van der Waals surface area contributed by atoms with Gasteiger partial charge in [0.1, 0.15) is 17.7 Å². The van der Waals surface area contributed by atoms with Crippen LogP contribution in [0.15, 0.2) is 97.1 Å². The Labute approximate surface area is 442 Å². The fraction of sp³-hybridized carbons (Fsp3) is 0.525. The first kappa shape index (κ1) is 55.2. The Kier molecular flexibility index (Phi) is 19.6. The van der Waals surface area contributed by atoms with Gasteiger partial charge in [-0.15, -0.1) is 0 Å². The zero-order valence-corrected chi connectivity index (χ0v) is 44.2. The average Bonchev–Trinajstić information content (AvgIpc) is 4.13. The van der Waals surface area contributed by atoms with Gasteiger partial charge in [0, 0.05) is 101 Å². The summed E-state index contributed by atoms with van der Waals surface area (Å²) in [5.41, 5.74) is 4.52. The van der Waals surface area contributed by atoms with Gasteiger partial charge in [0.05, 0.1) is 0 Å². The molecule has 4 fully saturated rings. The van der Waals surface area contributed by atoms with Gasteiger partial charge in [0.2, 0.25) is 17.7 Å². The van der Waals surface area contributed by atoms with E-state index in [1.54, 1.807) is 29.2 Å². The van der Waals surface area contributed by atoms with Crippen LogP contribution in [-0.2, 0) is 36.7 Å². The van der Waals surface area contributed by atoms with Crippen LogP contribution in [-0.4, -0.2) is 133 Å². The molecule has 12 nitrogen and oxygen atoms in total. The number of ether oxygens (including phenoxy) is 2. The van der Waals surface area contributed by atoms with E-state index in [1.807, 2.05) is 77.1 Å². The van der Waals surface area contributed by atoms with Crippen LogP contribution in [0.2, 0.25) is 0 Å². The summed E-state index contributed by atoms with van der Waals surface area (Å²) < 4.78 is 39.0. The van der Waals surface area contributed by atoms with E-state index in [9.17, 15) is 32.8 Å². The van der Waals surface area contributed by atoms with E-state index in [2.05, 4.69) is 12.2 Å². The van der Waals surface area contributed by atoms with Gasteiger partial charge in [-0.25, -0.2) is 8.78 Å². The van der Waals surface area contributed by atoms with Gasteiger partial charge in [0.15, 0.2) is 0 Å². The van der Waals surface area contributed by atoms with Gasteiger partial charge in [-0.05, 0) is 160 Å². The second-order valence-corrected chi connectivity index (χ2v) is 21.3. The fourth-order valence-corrected chi connectivity index (χ4v) is 11.6. The van der Waals surface area contributed by atoms with Crippen molar-refractivity contribution in [2.75, 3.05) is 65.7 Å². The SMILES string of the molecule is CC[C@@H](C)C(=O)N[C@H](C(=O)N1CCC[C@H]1CN(CCc1ccc(F)cc1)C(=O)c1ccc(-c2ccc(C(=O)N(CCc3ccc(F)cc3)C[C@@H]3CCCN3C(=O)[C@@H](CC)C3CCOCC3)cc2)cc1)C1CCOCC1. The number of rotatable bonds is 21. The molecule has 0 spiro atoms. The summed E-state index contributed by atoms with van der Waals surface area (Å²) in [7, 11) is 0. The van der Waals surface area contributed by atoms with Crippen LogP contribution >= 0.6 is 0 Å². The normalized spacial score (nSPS) is 19.6. The second-order valence-electron chi connectivity index (χ2n) is 21.3. The molecular weight excluding hydrogens is 953 g/mol. The Balaban J connectivity index is 0.971. The molecule has 1 N–H and O–H groups in total. The molecule has 0 saturated carbocycles. The maximum Gasteiger partial charge on any atom is 0.253 e. The van der Waals surface area contributed by atoms with Gasteiger partial charge >= 0.3 is 0 Å². The largest absolute Gasteiger partial charge is 0.381 e. The van der Waals surface area contributed by atoms with Gasteiger partial charge in [-0.3, -0.25) is 24.0 Å². The molecule has 0 radical (unpaired) electrons. The fourth-order valence-electron chi connectivity index (χ4n) is 11.6. The lowest BCUT2D eigenvalue weighted by molar-refractivity contribution is -0.141. The maximum absolute atomic E-state index is 14.6. The lowest BCUT2D eigenvalue weighted by Crippen LogP contribution is -2.56. The van der Waals surface area contributed by atoms with Crippen molar-refractivity contribution in [3.8, 4) is 11.1 Å². The zero-order valence-electron chi connectivity index (χ0n) is 44.2. The van der Waals surface area contributed by atoms with Crippen LogP contribution in [0.4, 0.5) is 8.78 Å². The number of nitrogens with one attached hydrogen (secondary N) is 1. The van der Waals surface area contributed by atoms with Gasteiger partial charge in [-0.2, -0.15) is 0 Å². The van der Waals surface area contributed by atoms with Crippen molar-refractivity contribution >= 4 is 29.5 Å². The molecular formula is C61H77F2N5O7. The average molecular weight is 1030 g/mol. The Morgan fingerprint density at radius 2 is 1.00 bits per heavy atom. The summed E-state index contributed by atoms with van der Waals surface area (Å²) >= 11 is 0. The molecule has 0 bridgehead atoms. The molecule has 14 heteroatoms. The van der Waals surface area contributed by atoms with E-state index in [0.717, 1.165) is 60.8 Å². The van der Waals surface area contributed by atoms with E-state index in [1.165, 1.54) is 24.3 Å². The number of amides is 5. The Hall–Kier alpha value is -5.99. The molecule has 4 heterocycles. The van der Waals surface area contributed by atoms with Crippen LogP contribution in [0.5, 0.6) is 0 Å². The first-order valence-corrected chi connectivity index (χ1v) is 27.7. The third kappa shape index (κ3) is 14.3.